The molecule has 1 N–H and O–H groups in total. The second-order valence-electron chi connectivity index (χ2n) is 2.60. The van der Waals surface area contributed by atoms with Crippen LogP contribution < -0.4 is 5.43 Å². The van der Waals surface area contributed by atoms with Gasteiger partial charge in [-0.1, -0.05) is 0 Å². The van der Waals surface area contributed by atoms with Crippen molar-refractivity contribution >= 4 is 23.5 Å². The van der Waals surface area contributed by atoms with Crippen molar-refractivity contribution in [3.05, 3.63) is 21.9 Å². The Morgan fingerprint density at radius 3 is 3.21 bits per heavy atom. The summed E-state index contributed by atoms with van der Waals surface area (Å²) in [4.78, 5) is 11.8. The van der Waals surface area contributed by atoms with E-state index in [1.165, 1.54) is 0 Å². The van der Waals surface area contributed by atoms with Crippen LogP contribution in [0.15, 0.2) is 16.5 Å². The number of amides is 1. The minimum absolute atomic E-state index is 0.166. The van der Waals surface area contributed by atoms with E-state index < -0.39 is 5.91 Å². The Bertz CT molecular complexity index is 389. The zero-order valence-electron chi connectivity index (χ0n) is 7.65. The molecule has 0 aliphatic heterocycles. The van der Waals surface area contributed by atoms with E-state index >= 15 is 0 Å². The molecule has 5 heteroatoms. The number of aryl methyl sites for hydroxylation is 1. The van der Waals surface area contributed by atoms with Gasteiger partial charge in [0, 0.05) is 4.88 Å². The van der Waals surface area contributed by atoms with Gasteiger partial charge in [0.2, 0.25) is 0 Å². The Morgan fingerprint density at radius 2 is 2.64 bits per heavy atom. The minimum Gasteiger partial charge on any atom is -0.272 e. The predicted octanol–water partition coefficient (Wildman–Crippen LogP) is 1.42. The van der Waals surface area contributed by atoms with E-state index in [1.807, 2.05) is 18.4 Å². The Kier molecular flexibility index (Phi) is 3.83. The van der Waals surface area contributed by atoms with Crippen LogP contribution in [0, 0.1) is 18.3 Å². The highest BCUT2D eigenvalue weighted by atomic mass is 32.1. The summed E-state index contributed by atoms with van der Waals surface area (Å²) in [5, 5.41) is 13.9. The van der Waals surface area contributed by atoms with Gasteiger partial charge in [-0.2, -0.15) is 10.4 Å². The third kappa shape index (κ3) is 2.99. The van der Waals surface area contributed by atoms with Crippen LogP contribution >= 0.6 is 11.3 Å². The molecule has 0 aliphatic carbocycles. The first-order chi connectivity index (χ1) is 6.74. The van der Waals surface area contributed by atoms with Crippen molar-refractivity contribution in [2.75, 3.05) is 0 Å². The summed E-state index contributed by atoms with van der Waals surface area (Å²) in [5.41, 5.74) is 3.38. The molecule has 0 saturated heterocycles. The number of nitrogens with zero attached hydrogens (tertiary/aromatic N) is 2. The zero-order chi connectivity index (χ0) is 10.4. The number of nitrogens with one attached hydrogen (secondary N) is 1. The fourth-order valence-electron chi connectivity index (χ4n) is 0.791. The summed E-state index contributed by atoms with van der Waals surface area (Å²) in [6, 6.07) is 3.71. The van der Waals surface area contributed by atoms with Crippen LogP contribution in [-0.4, -0.2) is 12.1 Å². The second-order valence-corrected chi connectivity index (χ2v) is 3.54. The summed E-state index contributed by atoms with van der Waals surface area (Å²) in [6.07, 6.45) is 1.41. The first-order valence-corrected chi connectivity index (χ1v) is 4.85. The Hall–Kier alpha value is -1.67. The number of carbonyl (C=O) groups excluding carboxylic acids is 1. The predicted molar refractivity (Wildman–Crippen MR) is 55.0 cm³/mol. The molecule has 1 rings (SSSR count). The Balaban J connectivity index is 2.46. The van der Waals surface area contributed by atoms with Crippen LogP contribution in [0.5, 0.6) is 0 Å². The van der Waals surface area contributed by atoms with Crippen LogP contribution in [0.4, 0.5) is 0 Å². The summed E-state index contributed by atoms with van der Waals surface area (Å²) in [6.45, 7) is 1.97. The topological polar surface area (TPSA) is 65.2 Å². The van der Waals surface area contributed by atoms with Crippen LogP contribution in [0.3, 0.4) is 0 Å². The molecule has 1 amide bonds. The molecule has 0 fully saturated rings. The molecule has 4 nitrogen and oxygen atoms in total. The number of hydrogen-bond acceptors (Lipinski definition) is 4. The lowest BCUT2D eigenvalue weighted by atomic mass is 10.3. The van der Waals surface area contributed by atoms with Crippen LogP contribution in [0.2, 0.25) is 0 Å². The molecule has 0 bridgehead atoms. The van der Waals surface area contributed by atoms with Crippen molar-refractivity contribution in [2.24, 2.45) is 5.10 Å². The maximum absolute atomic E-state index is 10.8. The molecule has 1 aromatic rings. The van der Waals surface area contributed by atoms with Crippen molar-refractivity contribution < 1.29 is 4.79 Å². The molecule has 0 spiro atoms. The zero-order valence-corrected chi connectivity index (χ0v) is 8.47. The van der Waals surface area contributed by atoms with Crippen LogP contribution in [-0.2, 0) is 4.79 Å². The molecule has 0 radical (unpaired) electrons. The third-order valence-corrected chi connectivity index (χ3v) is 2.47. The van der Waals surface area contributed by atoms with Crippen LogP contribution in [0.25, 0.3) is 0 Å². The second kappa shape index (κ2) is 5.14. The maximum atomic E-state index is 10.8. The monoisotopic (exact) mass is 207 g/mol. The van der Waals surface area contributed by atoms with Crippen molar-refractivity contribution in [2.45, 2.75) is 13.3 Å². The van der Waals surface area contributed by atoms with E-state index in [0.717, 1.165) is 10.4 Å². The van der Waals surface area contributed by atoms with Crippen molar-refractivity contribution in [1.29, 1.82) is 5.26 Å². The highest BCUT2D eigenvalue weighted by Gasteiger charge is 1.97. The minimum atomic E-state index is -0.391. The number of rotatable bonds is 3. The molecular formula is C9H9N3OS. The molecule has 1 heterocycles. The molecule has 14 heavy (non-hydrogen) atoms. The molecule has 72 valence electrons. The number of carbonyl (C=O) groups is 1. The molecule has 1 aromatic heterocycles. The quantitative estimate of drug-likeness (QED) is 0.601. The van der Waals surface area contributed by atoms with Gasteiger partial charge in [0.1, 0.15) is 6.42 Å². The van der Waals surface area contributed by atoms with E-state index in [-0.39, 0.29) is 6.42 Å². The van der Waals surface area contributed by atoms with Gasteiger partial charge in [0.05, 0.1) is 12.3 Å². The van der Waals surface area contributed by atoms with Gasteiger partial charge in [0.25, 0.3) is 5.91 Å². The number of hydrogen-bond donors (Lipinski definition) is 1. The van der Waals surface area contributed by atoms with E-state index in [2.05, 4.69) is 10.5 Å². The van der Waals surface area contributed by atoms with E-state index in [9.17, 15) is 4.79 Å². The van der Waals surface area contributed by atoms with Gasteiger partial charge in [-0.15, -0.1) is 11.3 Å². The molecule has 0 atom stereocenters. The summed E-state index contributed by atoms with van der Waals surface area (Å²) in [7, 11) is 0. The van der Waals surface area contributed by atoms with Gasteiger partial charge in [0.15, 0.2) is 0 Å². The molecule has 0 aromatic carbocycles. The highest BCUT2D eigenvalue weighted by Crippen LogP contribution is 2.12. The number of thiophene rings is 1. The maximum Gasteiger partial charge on any atom is 0.254 e. The molecule has 0 aliphatic rings. The van der Waals surface area contributed by atoms with E-state index in [1.54, 1.807) is 23.6 Å². The normalized spacial score (nSPS) is 10.0. The summed E-state index contributed by atoms with van der Waals surface area (Å²) >= 11 is 1.55. The lowest BCUT2D eigenvalue weighted by molar-refractivity contribution is -0.120. The summed E-state index contributed by atoms with van der Waals surface area (Å²) < 4.78 is 0. The van der Waals surface area contributed by atoms with Crippen molar-refractivity contribution in [3.63, 3.8) is 0 Å². The standard InChI is InChI=1S/C9H9N3OS/c1-7-3-5-14-8(7)6-11-12-9(13)2-4-10/h3,5-6H,2H2,1H3,(H,12,13). The van der Waals surface area contributed by atoms with Gasteiger partial charge >= 0.3 is 0 Å². The van der Waals surface area contributed by atoms with Gasteiger partial charge in [-0.3, -0.25) is 4.79 Å². The average molecular weight is 207 g/mol. The van der Waals surface area contributed by atoms with Crippen molar-refractivity contribution in [3.8, 4) is 6.07 Å². The molecule has 0 saturated carbocycles. The summed E-state index contributed by atoms with van der Waals surface area (Å²) in [5.74, 6) is -0.391. The average Bonchev–Trinajstić information content (AvgIpc) is 2.52. The van der Waals surface area contributed by atoms with E-state index in [0.29, 0.717) is 0 Å². The molecular weight excluding hydrogens is 198 g/mol. The van der Waals surface area contributed by atoms with Gasteiger partial charge in [-0.25, -0.2) is 5.43 Å². The fourth-order valence-corrected chi connectivity index (χ4v) is 1.58. The SMILES string of the molecule is Cc1ccsc1C=NNC(=O)CC#N. The van der Waals surface area contributed by atoms with Gasteiger partial charge < -0.3 is 0 Å². The van der Waals surface area contributed by atoms with Gasteiger partial charge in [-0.05, 0) is 23.9 Å². The lowest BCUT2D eigenvalue weighted by Crippen LogP contribution is -2.16. The largest absolute Gasteiger partial charge is 0.272 e. The number of nitriles is 1. The first-order valence-electron chi connectivity index (χ1n) is 3.97. The third-order valence-electron chi connectivity index (χ3n) is 1.51. The van der Waals surface area contributed by atoms with E-state index in [4.69, 9.17) is 5.26 Å². The Labute approximate surface area is 85.9 Å². The smallest absolute Gasteiger partial charge is 0.254 e. The fraction of sp³-hybridized carbons (Fsp3) is 0.222. The number of hydrazone groups is 1. The van der Waals surface area contributed by atoms with Crippen molar-refractivity contribution in [1.82, 2.24) is 5.43 Å². The molecule has 0 unspecified atom stereocenters. The highest BCUT2D eigenvalue weighted by molar-refractivity contribution is 7.11. The lowest BCUT2D eigenvalue weighted by Gasteiger charge is -1.92. The first kappa shape index (κ1) is 10.4. The Morgan fingerprint density at radius 1 is 1.86 bits per heavy atom. The van der Waals surface area contributed by atoms with Crippen LogP contribution in [0.1, 0.15) is 16.9 Å².